The minimum absolute atomic E-state index is 0.00825. The highest BCUT2D eigenvalue weighted by molar-refractivity contribution is 6.30. The lowest BCUT2D eigenvalue weighted by molar-refractivity contribution is -0.129. The molecule has 2 saturated carbocycles. The van der Waals surface area contributed by atoms with Crippen molar-refractivity contribution in [3.05, 3.63) is 46.5 Å². The Bertz CT molecular complexity index is 1270. The number of hydrogen-bond donors (Lipinski definition) is 0. The van der Waals surface area contributed by atoms with E-state index in [-0.39, 0.29) is 34.7 Å². The van der Waals surface area contributed by atoms with Crippen molar-refractivity contribution in [2.45, 2.75) is 68.5 Å². The van der Waals surface area contributed by atoms with Crippen molar-refractivity contribution in [3.63, 3.8) is 0 Å². The predicted octanol–water partition coefficient (Wildman–Crippen LogP) is 3.87. The largest absolute Gasteiger partial charge is 0.493 e. The van der Waals surface area contributed by atoms with E-state index in [0.29, 0.717) is 11.1 Å². The summed E-state index contributed by atoms with van der Waals surface area (Å²) in [4.78, 5) is 27.2. The molecule has 1 aromatic carbocycles. The van der Waals surface area contributed by atoms with Crippen molar-refractivity contribution in [2.75, 3.05) is 26.7 Å². The van der Waals surface area contributed by atoms with E-state index in [4.69, 9.17) is 21.1 Å². The van der Waals surface area contributed by atoms with Gasteiger partial charge < -0.3 is 14.4 Å². The molecule has 36 heavy (non-hydrogen) atoms. The van der Waals surface area contributed by atoms with E-state index in [9.17, 15) is 4.79 Å². The van der Waals surface area contributed by atoms with Gasteiger partial charge in [0.25, 0.3) is 5.91 Å². The Balaban J connectivity index is 1.28. The summed E-state index contributed by atoms with van der Waals surface area (Å²) in [5.41, 5.74) is 2.85. The number of piperidine rings is 1. The fourth-order valence-corrected chi connectivity index (χ4v) is 9.04. The topological polar surface area (TPSA) is 67.8 Å². The van der Waals surface area contributed by atoms with Gasteiger partial charge >= 0.3 is 0 Å². The molecule has 188 valence electrons. The number of ether oxygens (including phenoxy) is 2. The lowest BCUT2D eigenvalue weighted by Gasteiger charge is -2.66. The highest BCUT2D eigenvalue weighted by Gasteiger charge is 2.74. The molecule has 3 saturated heterocycles. The summed E-state index contributed by atoms with van der Waals surface area (Å²) in [5, 5.41) is 0.436. The summed E-state index contributed by atoms with van der Waals surface area (Å²) in [5.74, 6) is 2.72. The van der Waals surface area contributed by atoms with Crippen LogP contribution in [0.25, 0.3) is 0 Å². The zero-order valence-electron chi connectivity index (χ0n) is 20.6. The van der Waals surface area contributed by atoms with E-state index >= 15 is 0 Å². The molecule has 8 heteroatoms. The van der Waals surface area contributed by atoms with Gasteiger partial charge in [0.05, 0.1) is 18.2 Å². The van der Waals surface area contributed by atoms with Crippen LogP contribution in [0.5, 0.6) is 11.5 Å². The summed E-state index contributed by atoms with van der Waals surface area (Å²) in [7, 11) is 1.73. The number of likely N-dealkylation sites (tertiary alicyclic amines) is 1. The number of methoxy groups -OCH3 is 1. The van der Waals surface area contributed by atoms with Crippen LogP contribution in [-0.2, 0) is 11.8 Å². The Morgan fingerprint density at radius 2 is 2.00 bits per heavy atom. The molecule has 0 unspecified atom stereocenters. The van der Waals surface area contributed by atoms with Crippen molar-refractivity contribution in [1.29, 1.82) is 0 Å². The number of nitrogens with zero attached hydrogens (tertiary/aromatic N) is 4. The summed E-state index contributed by atoms with van der Waals surface area (Å²) < 4.78 is 12.8. The Morgan fingerprint density at radius 3 is 2.78 bits per heavy atom. The molecule has 4 bridgehead atoms. The monoisotopic (exact) mass is 506 g/mol. The molecule has 3 aliphatic carbocycles. The second-order valence-corrected chi connectivity index (χ2v) is 12.2. The third-order valence-corrected chi connectivity index (χ3v) is 10.7. The first-order valence-corrected chi connectivity index (χ1v) is 13.8. The minimum Gasteiger partial charge on any atom is -0.493 e. The average Bonchev–Trinajstić information content (AvgIpc) is 3.68. The van der Waals surface area contributed by atoms with Gasteiger partial charge in [-0.1, -0.05) is 17.7 Å². The third kappa shape index (κ3) is 2.61. The summed E-state index contributed by atoms with van der Waals surface area (Å²) in [6.07, 6.45) is 10.9. The first-order valence-electron chi connectivity index (χ1n) is 13.5. The molecule has 0 N–H and O–H groups in total. The van der Waals surface area contributed by atoms with Crippen molar-refractivity contribution in [2.24, 2.45) is 11.3 Å². The van der Waals surface area contributed by atoms with Crippen LogP contribution in [-0.4, -0.2) is 70.6 Å². The Labute approximate surface area is 216 Å². The van der Waals surface area contributed by atoms with E-state index in [2.05, 4.69) is 27.0 Å². The molecule has 7 aliphatic rings. The molecule has 5 atom stereocenters. The zero-order valence-corrected chi connectivity index (χ0v) is 21.3. The van der Waals surface area contributed by atoms with Gasteiger partial charge in [0, 0.05) is 47.9 Å². The Kier molecular flexibility index (Phi) is 4.43. The normalized spacial score (nSPS) is 35.7. The van der Waals surface area contributed by atoms with Crippen molar-refractivity contribution >= 4 is 17.5 Å². The number of benzene rings is 1. The quantitative estimate of drug-likeness (QED) is 0.627. The van der Waals surface area contributed by atoms with E-state index < -0.39 is 0 Å². The first kappa shape index (κ1) is 21.7. The molecule has 2 aromatic rings. The van der Waals surface area contributed by atoms with Crippen LogP contribution in [0.3, 0.4) is 0 Å². The molecule has 5 fully saturated rings. The molecule has 2 spiro atoms. The lowest BCUT2D eigenvalue weighted by atomic mass is 9.42. The Hall–Kier alpha value is -2.38. The predicted molar refractivity (Wildman–Crippen MR) is 134 cm³/mol. The number of aromatic nitrogens is 2. The number of carbonyl (C=O) groups excluding carboxylic acids is 1. The molecule has 4 aliphatic heterocycles. The maximum Gasteiger partial charge on any atom is 0.292 e. The molecule has 5 heterocycles. The summed E-state index contributed by atoms with van der Waals surface area (Å²) >= 11 is 6.01. The van der Waals surface area contributed by atoms with Crippen LogP contribution in [0.1, 0.15) is 60.3 Å². The van der Waals surface area contributed by atoms with E-state index in [0.717, 1.165) is 62.6 Å². The highest BCUT2D eigenvalue weighted by Crippen LogP contribution is 2.71. The van der Waals surface area contributed by atoms with Crippen LogP contribution < -0.4 is 9.47 Å². The molecule has 1 amide bonds. The molecule has 1 aromatic heterocycles. The summed E-state index contributed by atoms with van der Waals surface area (Å²) in [6.45, 7) is 3.05. The number of fused-ring (bicyclic) bond motifs is 3. The van der Waals surface area contributed by atoms with Gasteiger partial charge in [-0.05, 0) is 69.0 Å². The highest BCUT2D eigenvalue weighted by atomic mass is 35.5. The second-order valence-electron chi connectivity index (χ2n) is 11.8. The standard InChI is InChI=1S/C28H31ClN4O3/c1-35-20-5-4-17-12-21-27-7-6-19(33(11-8-27)26(34)25-30-13-18(29)14-31-25)24-28(27,22(17)23(20)36-24)9-10-32(21)15-16-2-3-16/h4-5,13-14,16,19,21,24H,2-3,6-12,15H2,1H3/t19-,21+,24+,27-,28+/m1/s1. The van der Waals surface area contributed by atoms with Crippen LogP contribution >= 0.6 is 11.6 Å². The molecule has 0 radical (unpaired) electrons. The van der Waals surface area contributed by atoms with Gasteiger partial charge in [-0.2, -0.15) is 0 Å². The van der Waals surface area contributed by atoms with Gasteiger partial charge in [-0.15, -0.1) is 0 Å². The van der Waals surface area contributed by atoms with Crippen molar-refractivity contribution < 1.29 is 14.3 Å². The molecule has 9 rings (SSSR count). The smallest absolute Gasteiger partial charge is 0.292 e. The van der Waals surface area contributed by atoms with E-state index in [1.807, 2.05) is 4.90 Å². The van der Waals surface area contributed by atoms with E-state index in [1.165, 1.54) is 42.9 Å². The average molecular weight is 507 g/mol. The van der Waals surface area contributed by atoms with Crippen molar-refractivity contribution in [1.82, 2.24) is 19.8 Å². The SMILES string of the molecule is COc1ccc2c3c1O[C@H]1[C@H]4CC[C@@]5(CCN4C(=O)c4ncc(Cl)cn4)[C@H](C2)N(CC2CC2)CC[C@]315. The van der Waals surface area contributed by atoms with Crippen LogP contribution in [0.4, 0.5) is 0 Å². The molecule has 7 nitrogen and oxygen atoms in total. The summed E-state index contributed by atoms with van der Waals surface area (Å²) in [6, 6.07) is 4.86. The van der Waals surface area contributed by atoms with Gasteiger partial charge in [0.15, 0.2) is 11.5 Å². The fraction of sp³-hybridized carbons (Fsp3) is 0.607. The lowest BCUT2D eigenvalue weighted by Crippen LogP contribution is -2.72. The number of hydrogen-bond acceptors (Lipinski definition) is 6. The van der Waals surface area contributed by atoms with Gasteiger partial charge in [0.2, 0.25) is 5.82 Å². The Morgan fingerprint density at radius 1 is 1.17 bits per heavy atom. The van der Waals surface area contributed by atoms with Gasteiger partial charge in [0.1, 0.15) is 6.10 Å². The molecular formula is C28H31ClN4O3. The van der Waals surface area contributed by atoms with E-state index in [1.54, 1.807) is 7.11 Å². The maximum atomic E-state index is 13.8. The van der Waals surface area contributed by atoms with Crippen LogP contribution in [0.2, 0.25) is 5.02 Å². The van der Waals surface area contributed by atoms with Crippen molar-refractivity contribution in [3.8, 4) is 11.5 Å². The number of halogens is 1. The maximum absolute atomic E-state index is 13.8. The third-order valence-electron chi connectivity index (χ3n) is 10.5. The number of amides is 1. The molecular weight excluding hydrogens is 476 g/mol. The van der Waals surface area contributed by atoms with Gasteiger partial charge in [-0.3, -0.25) is 9.69 Å². The first-order chi connectivity index (χ1) is 17.6. The van der Waals surface area contributed by atoms with Gasteiger partial charge in [-0.25, -0.2) is 9.97 Å². The van der Waals surface area contributed by atoms with Crippen LogP contribution in [0.15, 0.2) is 24.5 Å². The second kappa shape index (κ2) is 7.35. The van der Waals surface area contributed by atoms with Crippen LogP contribution in [0, 0.1) is 11.3 Å². The minimum atomic E-state index is -0.111. The fourth-order valence-electron chi connectivity index (χ4n) is 8.94. The zero-order chi connectivity index (χ0) is 24.2. The number of rotatable bonds is 4. The number of carbonyl (C=O) groups is 1.